The summed E-state index contributed by atoms with van der Waals surface area (Å²) in [6, 6.07) is 14.9. The fourth-order valence-corrected chi connectivity index (χ4v) is 2.61. The molecule has 0 aliphatic carbocycles. The SMILES string of the molecule is NCCCCCc1ncc(-c2ccc3ccccc3c2)[nH]1. The molecule has 3 heteroatoms. The molecule has 108 valence electrons. The van der Waals surface area contributed by atoms with Gasteiger partial charge in [-0.1, -0.05) is 42.8 Å². The Morgan fingerprint density at radius 3 is 2.67 bits per heavy atom. The van der Waals surface area contributed by atoms with E-state index < -0.39 is 0 Å². The van der Waals surface area contributed by atoms with Crippen LogP contribution in [0.1, 0.15) is 25.1 Å². The lowest BCUT2D eigenvalue weighted by Gasteiger charge is -2.01. The number of benzene rings is 2. The van der Waals surface area contributed by atoms with Crippen molar-refractivity contribution in [3.63, 3.8) is 0 Å². The average Bonchev–Trinajstić information content (AvgIpc) is 3.00. The molecule has 3 rings (SSSR count). The summed E-state index contributed by atoms with van der Waals surface area (Å²) < 4.78 is 0. The molecule has 0 bridgehead atoms. The van der Waals surface area contributed by atoms with Gasteiger partial charge in [-0.2, -0.15) is 0 Å². The third-order valence-electron chi connectivity index (χ3n) is 3.81. The van der Waals surface area contributed by atoms with Gasteiger partial charge in [0.05, 0.1) is 11.9 Å². The first-order chi connectivity index (χ1) is 10.4. The molecule has 0 amide bonds. The van der Waals surface area contributed by atoms with Crippen LogP contribution in [0.15, 0.2) is 48.7 Å². The molecule has 1 aromatic heterocycles. The van der Waals surface area contributed by atoms with Crippen LogP contribution in [0.4, 0.5) is 0 Å². The van der Waals surface area contributed by atoms with Crippen LogP contribution in [0.5, 0.6) is 0 Å². The first kappa shape index (κ1) is 13.8. The molecule has 0 aliphatic rings. The predicted octanol–water partition coefficient (Wildman–Crippen LogP) is 3.90. The topological polar surface area (TPSA) is 54.7 Å². The van der Waals surface area contributed by atoms with E-state index >= 15 is 0 Å². The highest BCUT2D eigenvalue weighted by atomic mass is 14.9. The van der Waals surface area contributed by atoms with Crippen LogP contribution >= 0.6 is 0 Å². The van der Waals surface area contributed by atoms with Crippen molar-refractivity contribution >= 4 is 10.8 Å². The Morgan fingerprint density at radius 2 is 1.81 bits per heavy atom. The summed E-state index contributed by atoms with van der Waals surface area (Å²) in [6.07, 6.45) is 6.33. The number of nitrogens with two attached hydrogens (primary N) is 1. The van der Waals surface area contributed by atoms with E-state index in [1.54, 1.807) is 0 Å². The lowest BCUT2D eigenvalue weighted by atomic mass is 10.1. The first-order valence-electron chi connectivity index (χ1n) is 7.60. The second-order valence-corrected chi connectivity index (χ2v) is 5.40. The lowest BCUT2D eigenvalue weighted by molar-refractivity contribution is 0.673. The quantitative estimate of drug-likeness (QED) is 0.672. The molecule has 0 fully saturated rings. The van der Waals surface area contributed by atoms with Gasteiger partial charge in [0.25, 0.3) is 0 Å². The summed E-state index contributed by atoms with van der Waals surface area (Å²) in [5, 5.41) is 2.52. The summed E-state index contributed by atoms with van der Waals surface area (Å²) in [5.41, 5.74) is 7.79. The maximum atomic E-state index is 5.51. The normalized spacial score (nSPS) is 11.1. The van der Waals surface area contributed by atoms with E-state index in [2.05, 4.69) is 52.4 Å². The van der Waals surface area contributed by atoms with E-state index in [4.69, 9.17) is 5.73 Å². The van der Waals surface area contributed by atoms with Crippen molar-refractivity contribution in [1.29, 1.82) is 0 Å². The molecule has 0 radical (unpaired) electrons. The van der Waals surface area contributed by atoms with E-state index in [0.717, 1.165) is 37.3 Å². The van der Waals surface area contributed by atoms with Crippen LogP contribution < -0.4 is 5.73 Å². The molecule has 0 unspecified atom stereocenters. The zero-order chi connectivity index (χ0) is 14.5. The molecule has 1 heterocycles. The van der Waals surface area contributed by atoms with Gasteiger partial charge in [0, 0.05) is 12.0 Å². The number of aromatic nitrogens is 2. The largest absolute Gasteiger partial charge is 0.342 e. The number of nitrogens with one attached hydrogen (secondary N) is 1. The standard InChI is InChI=1S/C18H21N3/c19-11-5-1-2-8-18-20-13-17(21-18)16-10-9-14-6-3-4-7-15(14)12-16/h3-4,6-7,9-10,12-13H,1-2,5,8,11,19H2,(H,20,21). The number of fused-ring (bicyclic) bond motifs is 1. The third-order valence-corrected chi connectivity index (χ3v) is 3.81. The van der Waals surface area contributed by atoms with Gasteiger partial charge in [0.1, 0.15) is 5.82 Å². The van der Waals surface area contributed by atoms with E-state index in [-0.39, 0.29) is 0 Å². The zero-order valence-electron chi connectivity index (χ0n) is 12.2. The van der Waals surface area contributed by atoms with Crippen LogP contribution in [0.2, 0.25) is 0 Å². The van der Waals surface area contributed by atoms with Gasteiger partial charge < -0.3 is 10.7 Å². The number of imidazole rings is 1. The number of aryl methyl sites for hydroxylation is 1. The Kier molecular flexibility index (Phi) is 4.31. The molecule has 3 aromatic rings. The number of rotatable bonds is 6. The van der Waals surface area contributed by atoms with E-state index in [9.17, 15) is 0 Å². The number of H-pyrrole nitrogens is 1. The van der Waals surface area contributed by atoms with Gasteiger partial charge in [-0.05, 0) is 36.2 Å². The fraction of sp³-hybridized carbons (Fsp3) is 0.278. The molecular weight excluding hydrogens is 258 g/mol. The predicted molar refractivity (Wildman–Crippen MR) is 88.1 cm³/mol. The Labute approximate surface area is 125 Å². The number of unbranched alkanes of at least 4 members (excludes halogenated alkanes) is 2. The van der Waals surface area contributed by atoms with Crippen LogP contribution in [0.3, 0.4) is 0 Å². The van der Waals surface area contributed by atoms with Gasteiger partial charge in [-0.3, -0.25) is 0 Å². The molecule has 21 heavy (non-hydrogen) atoms. The molecule has 3 nitrogen and oxygen atoms in total. The molecular formula is C18H21N3. The van der Waals surface area contributed by atoms with E-state index in [1.165, 1.54) is 22.8 Å². The smallest absolute Gasteiger partial charge is 0.106 e. The second-order valence-electron chi connectivity index (χ2n) is 5.40. The molecule has 3 N–H and O–H groups in total. The minimum absolute atomic E-state index is 0.778. The van der Waals surface area contributed by atoms with Gasteiger partial charge in [-0.15, -0.1) is 0 Å². The second kappa shape index (κ2) is 6.55. The van der Waals surface area contributed by atoms with Crippen molar-refractivity contribution in [2.24, 2.45) is 5.73 Å². The van der Waals surface area contributed by atoms with Crippen molar-refractivity contribution in [2.45, 2.75) is 25.7 Å². The number of nitrogens with zero attached hydrogens (tertiary/aromatic N) is 1. The summed E-state index contributed by atoms with van der Waals surface area (Å²) in [7, 11) is 0. The minimum atomic E-state index is 0.778. The van der Waals surface area contributed by atoms with Crippen molar-refractivity contribution in [1.82, 2.24) is 9.97 Å². The Balaban J connectivity index is 1.75. The maximum absolute atomic E-state index is 5.51. The molecule has 0 saturated heterocycles. The van der Waals surface area contributed by atoms with E-state index in [0.29, 0.717) is 0 Å². The van der Waals surface area contributed by atoms with Gasteiger partial charge in [0.15, 0.2) is 0 Å². The molecule has 0 atom stereocenters. The highest BCUT2D eigenvalue weighted by Gasteiger charge is 2.04. The molecule has 0 aliphatic heterocycles. The summed E-state index contributed by atoms with van der Waals surface area (Å²) >= 11 is 0. The Bertz CT molecular complexity index is 715. The highest BCUT2D eigenvalue weighted by Crippen LogP contribution is 2.23. The van der Waals surface area contributed by atoms with Crippen LogP contribution in [-0.2, 0) is 6.42 Å². The summed E-state index contributed by atoms with van der Waals surface area (Å²) in [6.45, 7) is 0.778. The summed E-state index contributed by atoms with van der Waals surface area (Å²) in [4.78, 5) is 7.91. The average molecular weight is 279 g/mol. The van der Waals surface area contributed by atoms with Gasteiger partial charge in [0.2, 0.25) is 0 Å². The van der Waals surface area contributed by atoms with Crippen molar-refractivity contribution < 1.29 is 0 Å². The molecule has 0 spiro atoms. The number of hydrogen-bond acceptors (Lipinski definition) is 2. The lowest BCUT2D eigenvalue weighted by Crippen LogP contribution is -1.98. The minimum Gasteiger partial charge on any atom is -0.342 e. The summed E-state index contributed by atoms with van der Waals surface area (Å²) in [5.74, 6) is 1.06. The van der Waals surface area contributed by atoms with Gasteiger partial charge >= 0.3 is 0 Å². The zero-order valence-corrected chi connectivity index (χ0v) is 12.2. The van der Waals surface area contributed by atoms with Crippen molar-refractivity contribution in [3.8, 4) is 11.3 Å². The van der Waals surface area contributed by atoms with Crippen LogP contribution in [0.25, 0.3) is 22.0 Å². The molecule has 0 saturated carbocycles. The first-order valence-corrected chi connectivity index (χ1v) is 7.60. The highest BCUT2D eigenvalue weighted by molar-refractivity contribution is 5.86. The fourth-order valence-electron chi connectivity index (χ4n) is 2.61. The molecule has 2 aromatic carbocycles. The van der Waals surface area contributed by atoms with Crippen LogP contribution in [0, 0.1) is 0 Å². The number of hydrogen-bond donors (Lipinski definition) is 2. The monoisotopic (exact) mass is 279 g/mol. The van der Waals surface area contributed by atoms with Crippen molar-refractivity contribution in [2.75, 3.05) is 6.54 Å². The van der Waals surface area contributed by atoms with Crippen LogP contribution in [-0.4, -0.2) is 16.5 Å². The van der Waals surface area contributed by atoms with E-state index in [1.807, 2.05) is 6.20 Å². The Morgan fingerprint density at radius 1 is 0.952 bits per heavy atom. The van der Waals surface area contributed by atoms with Gasteiger partial charge in [-0.25, -0.2) is 4.98 Å². The Hall–Kier alpha value is -2.13. The third kappa shape index (κ3) is 3.31. The van der Waals surface area contributed by atoms with Crippen molar-refractivity contribution in [3.05, 3.63) is 54.5 Å². The number of aromatic amines is 1. The maximum Gasteiger partial charge on any atom is 0.106 e.